The lowest BCUT2D eigenvalue weighted by atomic mass is 10.1. The van der Waals surface area contributed by atoms with Gasteiger partial charge in [-0.1, -0.05) is 23.7 Å². The highest BCUT2D eigenvalue weighted by atomic mass is 35.5. The SMILES string of the molecule is CN=C(C=CN)Nc1nccc(-c2cc(CN(C)C(CO)c3cccc(Cl)c3)n(C=O)c2)n1. The summed E-state index contributed by atoms with van der Waals surface area (Å²) in [6.45, 7) is 0.325. The number of aliphatic hydroxyl groups is 1. The van der Waals surface area contributed by atoms with E-state index in [0.717, 1.165) is 23.2 Å². The van der Waals surface area contributed by atoms with E-state index in [1.165, 1.54) is 10.8 Å². The van der Waals surface area contributed by atoms with Crippen molar-refractivity contribution in [3.8, 4) is 11.3 Å². The highest BCUT2D eigenvalue weighted by molar-refractivity contribution is 6.30. The Morgan fingerprint density at radius 3 is 2.88 bits per heavy atom. The number of aliphatic imine (C=N–C) groups is 1. The number of nitrogens with one attached hydrogen (secondary N) is 1. The van der Waals surface area contributed by atoms with Crippen molar-refractivity contribution in [1.82, 2.24) is 19.4 Å². The number of benzene rings is 1. The van der Waals surface area contributed by atoms with Crippen molar-refractivity contribution in [3.05, 3.63) is 77.3 Å². The summed E-state index contributed by atoms with van der Waals surface area (Å²) in [5.41, 5.74) is 8.46. The van der Waals surface area contributed by atoms with E-state index in [-0.39, 0.29) is 12.6 Å². The van der Waals surface area contributed by atoms with Crippen molar-refractivity contribution in [1.29, 1.82) is 0 Å². The molecular formula is C23H26ClN7O2. The maximum Gasteiger partial charge on any atom is 0.228 e. The molecule has 4 N–H and O–H groups in total. The predicted octanol–water partition coefficient (Wildman–Crippen LogP) is 2.71. The minimum Gasteiger partial charge on any atom is -0.404 e. The largest absolute Gasteiger partial charge is 0.404 e. The Bertz CT molecular complexity index is 1160. The Morgan fingerprint density at radius 2 is 2.21 bits per heavy atom. The quantitative estimate of drug-likeness (QED) is 0.251. The van der Waals surface area contributed by atoms with Gasteiger partial charge in [0, 0.05) is 42.3 Å². The molecule has 0 spiro atoms. The Kier molecular flexibility index (Phi) is 8.31. The second kappa shape index (κ2) is 11.4. The van der Waals surface area contributed by atoms with Gasteiger partial charge in [0.1, 0.15) is 5.84 Å². The second-order valence-corrected chi connectivity index (χ2v) is 7.70. The Labute approximate surface area is 197 Å². The third-order valence-electron chi connectivity index (χ3n) is 5.08. The molecular weight excluding hydrogens is 442 g/mol. The van der Waals surface area contributed by atoms with Crippen LogP contribution in [0.15, 0.2) is 66.1 Å². The van der Waals surface area contributed by atoms with Crippen LogP contribution in [0.25, 0.3) is 11.3 Å². The first-order chi connectivity index (χ1) is 16.0. The van der Waals surface area contributed by atoms with Crippen molar-refractivity contribution < 1.29 is 9.90 Å². The van der Waals surface area contributed by atoms with Crippen LogP contribution in [0.2, 0.25) is 5.02 Å². The van der Waals surface area contributed by atoms with Crippen LogP contribution < -0.4 is 11.1 Å². The fraction of sp³-hybridized carbons (Fsp3) is 0.217. The Balaban J connectivity index is 1.84. The molecule has 0 aliphatic heterocycles. The number of rotatable bonds is 9. The molecule has 2 heterocycles. The number of carbonyl (C=O) groups excluding carboxylic acids is 1. The molecule has 0 saturated carbocycles. The molecule has 3 rings (SSSR count). The first-order valence-electron chi connectivity index (χ1n) is 10.2. The zero-order valence-electron chi connectivity index (χ0n) is 18.4. The number of nitrogens with two attached hydrogens (primary N) is 1. The average molecular weight is 468 g/mol. The average Bonchev–Trinajstić information content (AvgIpc) is 3.22. The van der Waals surface area contributed by atoms with Gasteiger partial charge in [0.15, 0.2) is 0 Å². The van der Waals surface area contributed by atoms with Crippen LogP contribution in [0.3, 0.4) is 0 Å². The molecule has 0 fully saturated rings. The van der Waals surface area contributed by atoms with Crippen LogP contribution in [0.1, 0.15) is 17.3 Å². The van der Waals surface area contributed by atoms with Crippen molar-refractivity contribution in [2.45, 2.75) is 12.6 Å². The van der Waals surface area contributed by atoms with Gasteiger partial charge in [0.05, 0.1) is 18.3 Å². The van der Waals surface area contributed by atoms with Crippen LogP contribution in [-0.2, 0) is 11.3 Å². The van der Waals surface area contributed by atoms with Crippen molar-refractivity contribution in [2.75, 3.05) is 26.0 Å². The zero-order valence-corrected chi connectivity index (χ0v) is 19.1. The number of carbonyl (C=O) groups is 1. The summed E-state index contributed by atoms with van der Waals surface area (Å²) in [6.07, 6.45) is 7.05. The molecule has 3 aromatic rings. The van der Waals surface area contributed by atoms with E-state index >= 15 is 0 Å². The summed E-state index contributed by atoms with van der Waals surface area (Å²) in [4.78, 5) is 26.5. The minimum absolute atomic E-state index is 0.0923. The molecule has 0 radical (unpaired) electrons. The normalized spacial score (nSPS) is 12.9. The summed E-state index contributed by atoms with van der Waals surface area (Å²) >= 11 is 6.12. The Hall–Kier alpha value is -3.53. The van der Waals surface area contributed by atoms with Gasteiger partial charge in [-0.25, -0.2) is 9.97 Å². The number of likely N-dealkylation sites (N-methyl/N-ethyl adjacent to an activating group) is 1. The topological polar surface area (TPSA) is 122 Å². The second-order valence-electron chi connectivity index (χ2n) is 7.26. The van der Waals surface area contributed by atoms with Crippen LogP contribution in [-0.4, -0.2) is 57.5 Å². The maximum atomic E-state index is 11.7. The van der Waals surface area contributed by atoms with E-state index in [9.17, 15) is 9.90 Å². The van der Waals surface area contributed by atoms with Gasteiger partial charge < -0.3 is 16.2 Å². The van der Waals surface area contributed by atoms with Crippen LogP contribution in [0.5, 0.6) is 0 Å². The lowest BCUT2D eigenvalue weighted by Crippen LogP contribution is -2.27. The molecule has 0 aliphatic rings. The van der Waals surface area contributed by atoms with Gasteiger partial charge >= 0.3 is 0 Å². The molecule has 1 atom stereocenters. The number of aliphatic hydroxyl groups excluding tert-OH is 1. The molecule has 172 valence electrons. The summed E-state index contributed by atoms with van der Waals surface area (Å²) in [5, 5.41) is 13.6. The molecule has 1 aromatic carbocycles. The molecule has 2 aromatic heterocycles. The predicted molar refractivity (Wildman–Crippen MR) is 131 cm³/mol. The number of nitrogens with zero attached hydrogens (tertiary/aromatic N) is 5. The number of amidine groups is 1. The van der Waals surface area contributed by atoms with Crippen molar-refractivity contribution >= 4 is 29.8 Å². The highest BCUT2D eigenvalue weighted by Crippen LogP contribution is 2.26. The van der Waals surface area contributed by atoms with E-state index in [1.807, 2.05) is 36.2 Å². The molecule has 9 nitrogen and oxygen atoms in total. The molecule has 0 amide bonds. The fourth-order valence-corrected chi connectivity index (χ4v) is 3.62. The first kappa shape index (κ1) is 24.1. The third kappa shape index (κ3) is 6.04. The van der Waals surface area contributed by atoms with Gasteiger partial charge in [0.2, 0.25) is 12.4 Å². The first-order valence-corrected chi connectivity index (χ1v) is 10.5. The molecule has 0 saturated heterocycles. The van der Waals surface area contributed by atoms with E-state index in [0.29, 0.717) is 29.0 Å². The number of halogens is 1. The van der Waals surface area contributed by atoms with E-state index in [2.05, 4.69) is 20.3 Å². The van der Waals surface area contributed by atoms with Crippen molar-refractivity contribution in [3.63, 3.8) is 0 Å². The number of hydrogen-bond donors (Lipinski definition) is 3. The molecule has 33 heavy (non-hydrogen) atoms. The fourth-order valence-electron chi connectivity index (χ4n) is 3.43. The standard InChI is InChI=1S/C23H26ClN7O2/c1-26-22(6-8-25)29-23-27-9-7-20(28-23)17-11-19(31(12-17)15-33)13-30(2)21(14-32)16-4-3-5-18(24)10-16/h3-12,15,21,32H,13-14,25H2,1-2H3,(H,26,27,28,29). The number of anilines is 1. The Morgan fingerprint density at radius 1 is 1.39 bits per heavy atom. The van der Waals surface area contributed by atoms with Gasteiger partial charge in [0.25, 0.3) is 0 Å². The summed E-state index contributed by atoms with van der Waals surface area (Å²) in [6, 6.07) is 10.7. The van der Waals surface area contributed by atoms with Gasteiger partial charge in [-0.3, -0.25) is 19.3 Å². The van der Waals surface area contributed by atoms with Gasteiger partial charge in [-0.15, -0.1) is 0 Å². The van der Waals surface area contributed by atoms with Crippen molar-refractivity contribution in [2.24, 2.45) is 10.7 Å². The lowest BCUT2D eigenvalue weighted by molar-refractivity contribution is 0.141. The van der Waals surface area contributed by atoms with Gasteiger partial charge in [-0.05, 0) is 49.2 Å². The zero-order chi connectivity index (χ0) is 23.8. The maximum absolute atomic E-state index is 11.7. The lowest BCUT2D eigenvalue weighted by Gasteiger charge is -2.27. The van der Waals surface area contributed by atoms with E-state index in [4.69, 9.17) is 17.3 Å². The van der Waals surface area contributed by atoms with E-state index < -0.39 is 0 Å². The molecule has 0 bridgehead atoms. The summed E-state index contributed by atoms with van der Waals surface area (Å²) in [7, 11) is 3.51. The van der Waals surface area contributed by atoms with Gasteiger partial charge in [-0.2, -0.15) is 0 Å². The monoisotopic (exact) mass is 467 g/mol. The molecule has 0 aliphatic carbocycles. The summed E-state index contributed by atoms with van der Waals surface area (Å²) in [5.74, 6) is 0.864. The van der Waals surface area contributed by atoms with Crippen LogP contribution in [0.4, 0.5) is 5.95 Å². The minimum atomic E-state index is -0.278. The molecule has 10 heteroatoms. The third-order valence-corrected chi connectivity index (χ3v) is 5.32. The number of hydrogen-bond acceptors (Lipinski definition) is 7. The van der Waals surface area contributed by atoms with Crippen LogP contribution in [0, 0.1) is 0 Å². The molecule has 1 unspecified atom stereocenters. The van der Waals surface area contributed by atoms with E-state index in [1.54, 1.807) is 37.7 Å². The summed E-state index contributed by atoms with van der Waals surface area (Å²) < 4.78 is 1.50. The smallest absolute Gasteiger partial charge is 0.228 e. The highest BCUT2D eigenvalue weighted by Gasteiger charge is 2.19. The number of aromatic nitrogens is 3. The van der Waals surface area contributed by atoms with Crippen LogP contribution >= 0.6 is 11.6 Å².